The van der Waals surface area contributed by atoms with Crippen LogP contribution in [0.2, 0.25) is 5.02 Å². The van der Waals surface area contributed by atoms with Gasteiger partial charge in [-0.3, -0.25) is 4.79 Å². The lowest BCUT2D eigenvalue weighted by molar-refractivity contribution is 0.0745. The molecule has 0 unspecified atom stereocenters. The lowest BCUT2D eigenvalue weighted by Crippen LogP contribution is -2.49. The summed E-state index contributed by atoms with van der Waals surface area (Å²) >= 11 is 7.37. The number of amides is 1. The zero-order valence-electron chi connectivity index (χ0n) is 18.8. The number of aromatic nitrogens is 1. The fourth-order valence-corrected chi connectivity index (χ4v) is 6.07. The Kier molecular flexibility index (Phi) is 6.39. The van der Waals surface area contributed by atoms with Crippen LogP contribution in [0.15, 0.2) is 80.4 Å². The molecule has 4 aromatic rings. The monoisotopic (exact) mass is 527 g/mol. The third kappa shape index (κ3) is 4.71. The number of aryl methyl sites for hydroxylation is 1. The molecule has 1 aliphatic rings. The highest BCUT2D eigenvalue weighted by molar-refractivity contribution is 7.91. The topological polar surface area (TPSA) is 83.7 Å². The fourth-order valence-electron chi connectivity index (χ4n) is 3.98. The molecule has 0 bridgehead atoms. The second kappa shape index (κ2) is 9.49. The number of piperazine rings is 1. The first-order valence-corrected chi connectivity index (χ1v) is 13.7. The molecule has 1 saturated heterocycles. The van der Waals surface area contributed by atoms with Gasteiger partial charge in [-0.15, -0.1) is 11.3 Å². The van der Waals surface area contributed by atoms with Gasteiger partial charge in [0.15, 0.2) is 0 Å². The zero-order chi connectivity index (χ0) is 24.6. The van der Waals surface area contributed by atoms with E-state index in [1.807, 2.05) is 53.6 Å². The van der Waals surface area contributed by atoms with Gasteiger partial charge in [-0.1, -0.05) is 35.4 Å². The van der Waals surface area contributed by atoms with Gasteiger partial charge in [0.2, 0.25) is 26.6 Å². The van der Waals surface area contributed by atoms with E-state index in [9.17, 15) is 13.2 Å². The molecule has 1 aliphatic heterocycles. The van der Waals surface area contributed by atoms with Crippen LogP contribution in [0.5, 0.6) is 0 Å². The summed E-state index contributed by atoms with van der Waals surface area (Å²) in [5.41, 5.74) is 1.67. The second-order valence-corrected chi connectivity index (χ2v) is 11.5. The Labute approximate surface area is 212 Å². The molecular weight excluding hydrogens is 506 g/mol. The van der Waals surface area contributed by atoms with Gasteiger partial charge in [0.05, 0.1) is 9.77 Å². The number of rotatable bonds is 5. The maximum absolute atomic E-state index is 13.5. The van der Waals surface area contributed by atoms with Crippen molar-refractivity contribution >= 4 is 44.6 Å². The van der Waals surface area contributed by atoms with E-state index in [-0.39, 0.29) is 27.6 Å². The normalized spacial score (nSPS) is 14.3. The highest BCUT2D eigenvalue weighted by Crippen LogP contribution is 2.36. The molecule has 0 atom stereocenters. The van der Waals surface area contributed by atoms with Crippen molar-refractivity contribution in [2.45, 2.75) is 16.8 Å². The van der Waals surface area contributed by atoms with E-state index in [2.05, 4.69) is 4.98 Å². The molecule has 10 heteroatoms. The third-order valence-corrected chi connectivity index (χ3v) is 8.59. The second-order valence-electron chi connectivity index (χ2n) is 8.21. The van der Waals surface area contributed by atoms with Crippen molar-refractivity contribution < 1.29 is 17.6 Å². The van der Waals surface area contributed by atoms with Crippen LogP contribution in [-0.4, -0.2) is 50.4 Å². The molecule has 0 aliphatic carbocycles. The van der Waals surface area contributed by atoms with Crippen LogP contribution in [0.1, 0.15) is 15.9 Å². The van der Waals surface area contributed by atoms with Crippen molar-refractivity contribution in [1.82, 2.24) is 9.88 Å². The third-order valence-electron chi connectivity index (χ3n) is 5.81. The number of sulfone groups is 1. The first-order chi connectivity index (χ1) is 16.8. The molecule has 1 fully saturated rings. The van der Waals surface area contributed by atoms with Gasteiger partial charge in [-0.2, -0.15) is 4.98 Å². The lowest BCUT2D eigenvalue weighted by atomic mass is 10.1. The average molecular weight is 528 g/mol. The van der Waals surface area contributed by atoms with Crippen LogP contribution < -0.4 is 4.90 Å². The van der Waals surface area contributed by atoms with Crippen LogP contribution >= 0.6 is 22.9 Å². The van der Waals surface area contributed by atoms with E-state index < -0.39 is 9.84 Å². The highest BCUT2D eigenvalue weighted by atomic mass is 35.5. The quantitative estimate of drug-likeness (QED) is 0.356. The fraction of sp³-hybridized carbons (Fsp3) is 0.200. The van der Waals surface area contributed by atoms with Crippen LogP contribution in [0.4, 0.5) is 5.88 Å². The van der Waals surface area contributed by atoms with Crippen molar-refractivity contribution in [1.29, 1.82) is 0 Å². The minimum atomic E-state index is -3.96. The predicted octanol–water partition coefficient (Wildman–Crippen LogP) is 5.16. The summed E-state index contributed by atoms with van der Waals surface area (Å²) in [7, 11) is -3.96. The number of benzene rings is 2. The van der Waals surface area contributed by atoms with Crippen LogP contribution in [-0.2, 0) is 9.84 Å². The van der Waals surface area contributed by atoms with Gasteiger partial charge in [-0.25, -0.2) is 8.42 Å². The minimum absolute atomic E-state index is 0.0424. The molecule has 3 heterocycles. The van der Waals surface area contributed by atoms with Crippen LogP contribution in [0, 0.1) is 6.92 Å². The summed E-state index contributed by atoms with van der Waals surface area (Å²) in [6.45, 7) is 3.65. The number of carbonyl (C=O) groups excluding carboxylic acids is 1. The van der Waals surface area contributed by atoms with Crippen molar-refractivity contribution in [3.05, 3.63) is 82.2 Å². The molecule has 5 rings (SSSR count). The first-order valence-electron chi connectivity index (χ1n) is 11.0. The molecule has 0 N–H and O–H groups in total. The Morgan fingerprint density at radius 1 is 1.03 bits per heavy atom. The van der Waals surface area contributed by atoms with Crippen LogP contribution in [0.3, 0.4) is 0 Å². The Balaban J connectivity index is 1.44. The maximum atomic E-state index is 13.5. The largest absolute Gasteiger partial charge is 0.418 e. The number of carbonyl (C=O) groups is 1. The number of thiophene rings is 1. The lowest BCUT2D eigenvalue weighted by Gasteiger charge is -2.34. The number of nitrogens with zero attached hydrogens (tertiary/aromatic N) is 3. The van der Waals surface area contributed by atoms with Crippen molar-refractivity contribution in [2.75, 3.05) is 31.1 Å². The minimum Gasteiger partial charge on any atom is -0.418 e. The number of oxazole rings is 1. The Hall–Kier alpha value is -3.14. The van der Waals surface area contributed by atoms with E-state index in [0.29, 0.717) is 36.8 Å². The zero-order valence-corrected chi connectivity index (χ0v) is 21.2. The SMILES string of the molecule is Cc1cccc(C(=O)N2CCN(c3oc(-c4cccs4)nc3S(=O)(=O)c3ccc(Cl)cc3)CC2)c1. The molecule has 2 aromatic heterocycles. The number of hydrogen-bond donors (Lipinski definition) is 0. The molecular formula is C25H22ClN3O4S2. The Bertz CT molecular complexity index is 1460. The molecule has 7 nitrogen and oxygen atoms in total. The van der Waals surface area contributed by atoms with Crippen molar-refractivity contribution in [3.63, 3.8) is 0 Å². The van der Waals surface area contributed by atoms with E-state index in [0.717, 1.165) is 10.4 Å². The molecule has 1 amide bonds. The van der Waals surface area contributed by atoms with Gasteiger partial charge < -0.3 is 14.2 Å². The van der Waals surface area contributed by atoms with Crippen LogP contribution in [0.25, 0.3) is 10.8 Å². The molecule has 0 radical (unpaired) electrons. The molecule has 35 heavy (non-hydrogen) atoms. The average Bonchev–Trinajstić information content (AvgIpc) is 3.55. The smallest absolute Gasteiger partial charge is 0.253 e. The number of hydrogen-bond acceptors (Lipinski definition) is 7. The van der Waals surface area contributed by atoms with Gasteiger partial charge in [-0.05, 0) is 54.8 Å². The summed E-state index contributed by atoms with van der Waals surface area (Å²) in [5.74, 6) is 0.394. The molecule has 180 valence electrons. The van der Waals surface area contributed by atoms with Gasteiger partial charge in [0, 0.05) is 36.8 Å². The van der Waals surface area contributed by atoms with E-state index in [1.54, 1.807) is 4.90 Å². The summed E-state index contributed by atoms with van der Waals surface area (Å²) in [5, 5.41) is 2.18. The molecule has 0 saturated carbocycles. The summed E-state index contributed by atoms with van der Waals surface area (Å²) in [6, 6.07) is 17.2. The Morgan fingerprint density at radius 3 is 2.43 bits per heavy atom. The summed E-state index contributed by atoms with van der Waals surface area (Å²) in [4.78, 5) is 21.8. The number of halogens is 1. The van der Waals surface area contributed by atoms with E-state index in [1.165, 1.54) is 35.6 Å². The summed E-state index contributed by atoms with van der Waals surface area (Å²) < 4.78 is 33.1. The standard InChI is InChI=1S/C25H22ClN3O4S2/c1-17-4-2-5-18(16-17)24(30)28-11-13-29(14-12-28)25-23(27-22(33-25)21-6-3-15-34-21)35(31,32)20-9-7-19(26)8-10-20/h2-10,15-16H,11-14H2,1H3. The molecule has 0 spiro atoms. The van der Waals surface area contributed by atoms with Gasteiger partial charge in [0.1, 0.15) is 0 Å². The van der Waals surface area contributed by atoms with E-state index >= 15 is 0 Å². The predicted molar refractivity (Wildman–Crippen MR) is 136 cm³/mol. The Morgan fingerprint density at radius 2 is 1.77 bits per heavy atom. The molecule has 2 aromatic carbocycles. The first kappa shape index (κ1) is 23.6. The van der Waals surface area contributed by atoms with Gasteiger partial charge >= 0.3 is 0 Å². The maximum Gasteiger partial charge on any atom is 0.253 e. The van der Waals surface area contributed by atoms with E-state index in [4.69, 9.17) is 16.0 Å². The van der Waals surface area contributed by atoms with Gasteiger partial charge in [0.25, 0.3) is 5.91 Å². The summed E-state index contributed by atoms with van der Waals surface area (Å²) in [6.07, 6.45) is 0. The highest BCUT2D eigenvalue weighted by Gasteiger charge is 2.33. The van der Waals surface area contributed by atoms with Crippen molar-refractivity contribution in [2.24, 2.45) is 0 Å². The number of anilines is 1. The van der Waals surface area contributed by atoms with Crippen molar-refractivity contribution in [3.8, 4) is 10.8 Å².